The second-order valence-corrected chi connectivity index (χ2v) is 8.61. The van der Waals surface area contributed by atoms with E-state index in [-0.39, 0.29) is 30.7 Å². The number of nitrogen functional groups attached to an aromatic ring is 1. The minimum absolute atomic E-state index is 0.0190. The van der Waals surface area contributed by atoms with Gasteiger partial charge in [0, 0.05) is 30.8 Å². The van der Waals surface area contributed by atoms with E-state index in [2.05, 4.69) is 20.4 Å². The minimum atomic E-state index is -4.52. The molecule has 0 unspecified atom stereocenters. The number of benzene rings is 2. The Morgan fingerprint density at radius 1 is 1.13 bits per heavy atom. The number of piperidine rings is 1. The van der Waals surface area contributed by atoms with E-state index in [1.807, 2.05) is 0 Å². The fraction of sp³-hybridized carbons (Fsp3) is 0.280. The third kappa shape index (κ3) is 6.15. The molecule has 200 valence electrons. The zero-order valence-corrected chi connectivity index (χ0v) is 20.1. The maximum Gasteiger partial charge on any atom is 0.416 e. The van der Waals surface area contributed by atoms with Crippen molar-refractivity contribution in [2.45, 2.75) is 31.9 Å². The average molecular weight is 534 g/mol. The number of para-hydroxylation sites is 1. The lowest BCUT2D eigenvalue weighted by atomic mass is 9.90. The number of amides is 2. The van der Waals surface area contributed by atoms with Crippen molar-refractivity contribution in [1.29, 1.82) is 0 Å². The highest BCUT2D eigenvalue weighted by Crippen LogP contribution is 2.32. The molecule has 0 spiro atoms. The lowest BCUT2D eigenvalue weighted by Gasteiger charge is -2.32. The second-order valence-electron chi connectivity index (χ2n) is 8.61. The summed E-state index contributed by atoms with van der Waals surface area (Å²) in [5.74, 6) is -2.00. The molecule has 38 heavy (non-hydrogen) atoms. The summed E-state index contributed by atoms with van der Waals surface area (Å²) in [6.45, 7) is 2.14. The molecule has 2 aromatic carbocycles. The van der Waals surface area contributed by atoms with Crippen molar-refractivity contribution < 1.29 is 31.6 Å². The molecule has 0 bridgehead atoms. The minimum Gasteiger partial charge on any atom is -0.368 e. The third-order valence-electron chi connectivity index (χ3n) is 6.04. The fourth-order valence-corrected chi connectivity index (χ4v) is 4.06. The summed E-state index contributed by atoms with van der Waals surface area (Å²) in [5, 5.41) is 6.23. The summed E-state index contributed by atoms with van der Waals surface area (Å²) in [7, 11) is 0. The monoisotopic (exact) mass is 534 g/mol. The van der Waals surface area contributed by atoms with E-state index in [9.17, 15) is 26.7 Å². The number of nitrogens with two attached hydrogens (primary N) is 1. The van der Waals surface area contributed by atoms with Gasteiger partial charge in [0.25, 0.3) is 0 Å². The molecule has 2 amide bonds. The van der Waals surface area contributed by atoms with Crippen LogP contribution in [0.5, 0.6) is 5.75 Å². The Balaban J connectivity index is 1.46. The lowest BCUT2D eigenvalue weighted by molar-refractivity contribution is -0.137. The van der Waals surface area contributed by atoms with Crippen LogP contribution in [0.3, 0.4) is 0 Å². The number of oxime groups is 1. The Hall–Kier alpha value is -4.29. The van der Waals surface area contributed by atoms with Crippen LogP contribution in [0.15, 0.2) is 53.8 Å². The third-order valence-corrected chi connectivity index (χ3v) is 6.04. The van der Waals surface area contributed by atoms with E-state index in [4.69, 9.17) is 10.6 Å². The van der Waals surface area contributed by atoms with Gasteiger partial charge in [0.2, 0.25) is 5.95 Å². The number of hydrogen-bond acceptors (Lipinski definition) is 6. The molecule has 3 N–H and O–H groups in total. The molecule has 2 heterocycles. The quantitative estimate of drug-likeness (QED) is 0.253. The van der Waals surface area contributed by atoms with Crippen molar-refractivity contribution in [2.75, 3.05) is 24.1 Å². The van der Waals surface area contributed by atoms with Crippen molar-refractivity contribution in [3.05, 3.63) is 77.1 Å². The van der Waals surface area contributed by atoms with Gasteiger partial charge in [-0.1, -0.05) is 17.3 Å². The van der Waals surface area contributed by atoms with Crippen LogP contribution in [0.1, 0.15) is 42.5 Å². The molecule has 0 saturated carbocycles. The number of hydrogen-bond donors (Lipinski definition) is 2. The molecule has 0 atom stereocenters. The van der Waals surface area contributed by atoms with Gasteiger partial charge in [0.15, 0.2) is 5.75 Å². The number of urea groups is 1. The Bertz CT molecular complexity index is 1340. The number of rotatable bonds is 5. The van der Waals surface area contributed by atoms with Crippen molar-refractivity contribution in [2.24, 2.45) is 5.16 Å². The number of carbonyl (C=O) groups is 1. The van der Waals surface area contributed by atoms with Crippen LogP contribution < -0.4 is 15.9 Å². The molecule has 1 aliphatic rings. The molecule has 1 fully saturated rings. The van der Waals surface area contributed by atoms with Gasteiger partial charge in [0.1, 0.15) is 17.3 Å². The fourth-order valence-electron chi connectivity index (χ4n) is 4.06. The second kappa shape index (κ2) is 11.0. The van der Waals surface area contributed by atoms with Gasteiger partial charge in [0.05, 0.1) is 17.0 Å². The normalized spacial score (nSPS) is 14.9. The molecule has 1 saturated heterocycles. The van der Waals surface area contributed by atoms with Gasteiger partial charge in [-0.25, -0.2) is 23.5 Å². The van der Waals surface area contributed by atoms with Crippen LogP contribution in [-0.4, -0.2) is 39.7 Å². The van der Waals surface area contributed by atoms with E-state index in [1.165, 1.54) is 29.3 Å². The number of nitrogens with zero attached hydrogens (tertiary/aromatic N) is 4. The van der Waals surface area contributed by atoms with Crippen molar-refractivity contribution in [3.8, 4) is 5.75 Å². The molecule has 13 heteroatoms. The zero-order valence-electron chi connectivity index (χ0n) is 20.1. The standard InChI is InChI=1S/C25H23F5N6O2/c1-14(35-38-17-5-2-4-16(12-17)25(28,29)30)18-13-32-23(31)33-21(18)15-8-10-36(11-9-15)24(37)34-22-19(26)6-3-7-20(22)27/h2-7,12-13,15H,8-11H2,1H3,(H,34,37)(H2,31,32,33). The summed E-state index contributed by atoms with van der Waals surface area (Å²) >= 11 is 0. The first-order valence-electron chi connectivity index (χ1n) is 11.5. The van der Waals surface area contributed by atoms with Crippen LogP contribution >= 0.6 is 0 Å². The highest BCUT2D eigenvalue weighted by Gasteiger charge is 2.31. The predicted molar refractivity (Wildman–Crippen MR) is 130 cm³/mol. The molecule has 3 aromatic rings. The zero-order chi connectivity index (χ0) is 27.4. The summed E-state index contributed by atoms with van der Waals surface area (Å²) in [6, 6.07) is 6.99. The van der Waals surface area contributed by atoms with Gasteiger partial charge < -0.3 is 20.8 Å². The molecule has 8 nitrogen and oxygen atoms in total. The Morgan fingerprint density at radius 3 is 2.45 bits per heavy atom. The van der Waals surface area contributed by atoms with Crippen molar-refractivity contribution in [3.63, 3.8) is 0 Å². The first-order chi connectivity index (χ1) is 18.0. The van der Waals surface area contributed by atoms with Gasteiger partial charge in [-0.05, 0) is 50.1 Å². The lowest BCUT2D eigenvalue weighted by Crippen LogP contribution is -2.41. The van der Waals surface area contributed by atoms with E-state index in [0.29, 0.717) is 29.8 Å². The first-order valence-corrected chi connectivity index (χ1v) is 11.5. The topological polar surface area (TPSA) is 106 Å². The molecule has 0 radical (unpaired) electrons. The highest BCUT2D eigenvalue weighted by molar-refractivity contribution is 5.99. The van der Waals surface area contributed by atoms with Gasteiger partial charge >= 0.3 is 12.2 Å². The Morgan fingerprint density at radius 2 is 1.79 bits per heavy atom. The highest BCUT2D eigenvalue weighted by atomic mass is 19.4. The number of likely N-dealkylation sites (tertiary alicyclic amines) is 1. The number of alkyl halides is 3. The predicted octanol–water partition coefficient (Wildman–Crippen LogP) is 5.57. The van der Waals surface area contributed by atoms with Crippen LogP contribution in [0.4, 0.5) is 38.4 Å². The molecule has 0 aliphatic carbocycles. The maximum absolute atomic E-state index is 13.9. The number of aromatic nitrogens is 2. The molecule has 1 aromatic heterocycles. The Labute approximate surface area is 214 Å². The summed E-state index contributed by atoms with van der Waals surface area (Å²) < 4.78 is 66.7. The van der Waals surface area contributed by atoms with E-state index in [1.54, 1.807) is 6.92 Å². The molecule has 1 aliphatic heterocycles. The van der Waals surface area contributed by atoms with E-state index < -0.39 is 35.1 Å². The van der Waals surface area contributed by atoms with Gasteiger partial charge in [-0.15, -0.1) is 0 Å². The SMILES string of the molecule is CC(=NOc1cccc(C(F)(F)F)c1)c1cnc(N)nc1C1CCN(C(=O)Nc2c(F)cccc2F)CC1. The molecular weight excluding hydrogens is 511 g/mol. The van der Waals surface area contributed by atoms with Crippen molar-refractivity contribution in [1.82, 2.24) is 14.9 Å². The first kappa shape index (κ1) is 26.8. The molecular formula is C25H23F5N6O2. The smallest absolute Gasteiger partial charge is 0.368 e. The average Bonchev–Trinajstić information content (AvgIpc) is 2.89. The van der Waals surface area contributed by atoms with Crippen LogP contribution in [0, 0.1) is 11.6 Å². The number of nitrogens with one attached hydrogen (secondary N) is 1. The largest absolute Gasteiger partial charge is 0.416 e. The van der Waals surface area contributed by atoms with Crippen LogP contribution in [0.2, 0.25) is 0 Å². The summed E-state index contributed by atoms with van der Waals surface area (Å²) in [5.41, 5.74) is 5.77. The molecule has 4 rings (SSSR count). The summed E-state index contributed by atoms with van der Waals surface area (Å²) in [6.07, 6.45) is -2.16. The number of carbonyl (C=O) groups excluding carboxylic acids is 1. The van der Waals surface area contributed by atoms with Crippen LogP contribution in [0.25, 0.3) is 0 Å². The summed E-state index contributed by atoms with van der Waals surface area (Å²) in [4.78, 5) is 27.6. The Kier molecular flexibility index (Phi) is 7.74. The number of halogens is 5. The van der Waals surface area contributed by atoms with E-state index in [0.717, 1.165) is 24.3 Å². The maximum atomic E-state index is 13.9. The van der Waals surface area contributed by atoms with Gasteiger partial charge in [-0.2, -0.15) is 13.2 Å². The van der Waals surface area contributed by atoms with Crippen LogP contribution in [-0.2, 0) is 6.18 Å². The van der Waals surface area contributed by atoms with E-state index >= 15 is 0 Å². The number of anilines is 2. The van der Waals surface area contributed by atoms with Gasteiger partial charge in [-0.3, -0.25) is 0 Å². The van der Waals surface area contributed by atoms with Crippen molar-refractivity contribution >= 4 is 23.4 Å².